The van der Waals surface area contributed by atoms with Gasteiger partial charge in [-0.15, -0.1) is 12.4 Å². The quantitative estimate of drug-likeness (QED) is 0.329. The number of anilines is 2. The van der Waals surface area contributed by atoms with Gasteiger partial charge in [-0.1, -0.05) is 24.3 Å². The topological polar surface area (TPSA) is 74.7 Å². The molecule has 6 nitrogen and oxygen atoms in total. The lowest BCUT2D eigenvalue weighted by Crippen LogP contribution is -2.20. The summed E-state index contributed by atoms with van der Waals surface area (Å²) in [6, 6.07) is 19.4. The summed E-state index contributed by atoms with van der Waals surface area (Å²) in [5, 5.41) is 8.01. The summed E-state index contributed by atoms with van der Waals surface area (Å²) in [6.07, 6.45) is 5.83. The third-order valence-corrected chi connectivity index (χ3v) is 5.33. The van der Waals surface area contributed by atoms with Crippen molar-refractivity contribution < 1.29 is 4.79 Å². The number of hydrogen-bond acceptors (Lipinski definition) is 2. The summed E-state index contributed by atoms with van der Waals surface area (Å²) >= 11 is 0. The highest BCUT2D eigenvalue weighted by Crippen LogP contribution is 2.27. The van der Waals surface area contributed by atoms with Gasteiger partial charge in [-0.05, 0) is 54.4 Å². The van der Waals surface area contributed by atoms with E-state index in [0.29, 0.717) is 6.54 Å². The van der Waals surface area contributed by atoms with E-state index in [9.17, 15) is 4.79 Å². The number of pyridine rings is 1. The third kappa shape index (κ3) is 3.98. The number of aromatic nitrogens is 3. The van der Waals surface area contributed by atoms with Crippen LogP contribution < -0.4 is 10.6 Å². The van der Waals surface area contributed by atoms with Crippen molar-refractivity contribution in [2.45, 2.75) is 13.5 Å². The Morgan fingerprint density at radius 3 is 2.65 bits per heavy atom. The van der Waals surface area contributed by atoms with E-state index in [4.69, 9.17) is 0 Å². The highest BCUT2D eigenvalue weighted by atomic mass is 35.5. The number of urea groups is 1. The van der Waals surface area contributed by atoms with E-state index in [0.717, 1.165) is 38.9 Å². The standard InChI is InChI=1S/C24H21N5O.ClH/c1-16-6-2-3-8-20(16)27-24(30)28-21-9-4-10-22-19(21)11-13-29(22)15-17-14-26-23-18(17)7-5-12-25-23;/h2-14H,15H2,1H3,(H,25,26)(H2,27,28,30);1H. The minimum Gasteiger partial charge on any atom is -0.346 e. The van der Waals surface area contributed by atoms with Crippen molar-refractivity contribution in [3.8, 4) is 0 Å². The van der Waals surface area contributed by atoms with Gasteiger partial charge in [0.1, 0.15) is 5.65 Å². The van der Waals surface area contributed by atoms with Gasteiger partial charge in [0.15, 0.2) is 0 Å². The lowest BCUT2D eigenvalue weighted by Gasteiger charge is -2.11. The van der Waals surface area contributed by atoms with Gasteiger partial charge in [-0.25, -0.2) is 9.78 Å². The lowest BCUT2D eigenvalue weighted by molar-refractivity contribution is 0.262. The fraction of sp³-hybridized carbons (Fsp3) is 0.0833. The Hall–Kier alpha value is -3.77. The number of benzene rings is 2. The molecule has 0 spiro atoms. The van der Waals surface area contributed by atoms with Gasteiger partial charge in [0, 0.05) is 41.6 Å². The number of carbonyl (C=O) groups is 1. The van der Waals surface area contributed by atoms with Crippen LogP contribution in [-0.2, 0) is 6.54 Å². The van der Waals surface area contributed by atoms with Crippen molar-refractivity contribution >= 4 is 51.7 Å². The van der Waals surface area contributed by atoms with Crippen molar-refractivity contribution in [2.24, 2.45) is 0 Å². The van der Waals surface area contributed by atoms with E-state index in [1.807, 2.05) is 67.8 Å². The number of H-pyrrole nitrogens is 1. The first-order chi connectivity index (χ1) is 14.7. The third-order valence-electron chi connectivity index (χ3n) is 5.33. The Labute approximate surface area is 185 Å². The van der Waals surface area contributed by atoms with E-state index >= 15 is 0 Å². The molecular formula is C24H22ClN5O. The normalized spacial score (nSPS) is 10.7. The second kappa shape index (κ2) is 8.53. The SMILES string of the molecule is Cc1ccccc1NC(=O)Nc1cccc2c1ccn2Cc1c[nH]c2ncccc12.Cl. The molecule has 3 N–H and O–H groups in total. The number of fused-ring (bicyclic) bond motifs is 2. The van der Waals surface area contributed by atoms with Gasteiger partial charge < -0.3 is 20.2 Å². The number of carbonyl (C=O) groups excluding carboxylic acids is 1. The summed E-state index contributed by atoms with van der Waals surface area (Å²) in [4.78, 5) is 20.1. The van der Waals surface area contributed by atoms with Gasteiger partial charge in [-0.3, -0.25) is 0 Å². The first-order valence-corrected chi connectivity index (χ1v) is 9.81. The molecule has 0 fully saturated rings. The minimum absolute atomic E-state index is 0. The number of nitrogens with zero attached hydrogens (tertiary/aromatic N) is 2. The summed E-state index contributed by atoms with van der Waals surface area (Å²) in [5.41, 5.74) is 5.71. The minimum atomic E-state index is -0.257. The van der Waals surface area contributed by atoms with Gasteiger partial charge in [0.2, 0.25) is 0 Å². The highest BCUT2D eigenvalue weighted by molar-refractivity contribution is 6.06. The molecule has 5 aromatic rings. The molecule has 5 rings (SSSR count). The predicted octanol–water partition coefficient (Wildman–Crippen LogP) is 5.94. The van der Waals surface area contributed by atoms with Gasteiger partial charge in [0.25, 0.3) is 0 Å². The van der Waals surface area contributed by atoms with Gasteiger partial charge in [-0.2, -0.15) is 0 Å². The molecule has 0 saturated heterocycles. The molecule has 3 heterocycles. The number of aryl methyl sites for hydroxylation is 1. The van der Waals surface area contributed by atoms with Crippen LogP contribution in [0, 0.1) is 6.92 Å². The molecule has 0 bridgehead atoms. The molecule has 0 aliphatic carbocycles. The van der Waals surface area contributed by atoms with Crippen LogP contribution in [-0.4, -0.2) is 20.6 Å². The largest absolute Gasteiger partial charge is 0.346 e. The molecule has 156 valence electrons. The van der Waals surface area contributed by atoms with Crippen LogP contribution in [0.5, 0.6) is 0 Å². The van der Waals surface area contributed by atoms with Crippen molar-refractivity contribution in [3.63, 3.8) is 0 Å². The Balaban J connectivity index is 0.00000231. The molecule has 0 unspecified atom stereocenters. The molecule has 7 heteroatoms. The molecule has 0 radical (unpaired) electrons. The first-order valence-electron chi connectivity index (χ1n) is 9.81. The number of amides is 2. The summed E-state index contributed by atoms with van der Waals surface area (Å²) in [7, 11) is 0. The van der Waals surface area contributed by atoms with Crippen LogP contribution in [0.2, 0.25) is 0 Å². The molecule has 0 atom stereocenters. The Kier molecular flexibility index (Phi) is 5.64. The van der Waals surface area contributed by atoms with Crippen molar-refractivity contribution in [1.82, 2.24) is 14.5 Å². The number of nitrogens with one attached hydrogen (secondary N) is 3. The molecule has 3 aromatic heterocycles. The molecule has 0 aliphatic heterocycles. The van der Waals surface area contributed by atoms with Crippen LogP contribution in [0.4, 0.5) is 16.2 Å². The van der Waals surface area contributed by atoms with E-state index in [-0.39, 0.29) is 18.4 Å². The smallest absolute Gasteiger partial charge is 0.323 e. The molecule has 0 aliphatic rings. The number of hydrogen-bond donors (Lipinski definition) is 3. The van der Waals surface area contributed by atoms with E-state index in [2.05, 4.69) is 37.3 Å². The second-order valence-electron chi connectivity index (χ2n) is 7.29. The fourth-order valence-electron chi connectivity index (χ4n) is 3.79. The van der Waals surface area contributed by atoms with Gasteiger partial charge >= 0.3 is 6.03 Å². The van der Waals surface area contributed by atoms with Crippen LogP contribution in [0.15, 0.2) is 79.3 Å². The molecule has 2 amide bonds. The maximum atomic E-state index is 12.5. The number of para-hydroxylation sites is 1. The Morgan fingerprint density at radius 1 is 0.968 bits per heavy atom. The van der Waals surface area contributed by atoms with Crippen LogP contribution in [0.3, 0.4) is 0 Å². The number of rotatable bonds is 4. The van der Waals surface area contributed by atoms with Crippen LogP contribution in [0.25, 0.3) is 21.9 Å². The maximum Gasteiger partial charge on any atom is 0.323 e. The van der Waals surface area contributed by atoms with Crippen molar-refractivity contribution in [2.75, 3.05) is 10.6 Å². The zero-order valence-corrected chi connectivity index (χ0v) is 17.7. The average Bonchev–Trinajstić information content (AvgIpc) is 3.35. The number of halogens is 1. The van der Waals surface area contributed by atoms with E-state index < -0.39 is 0 Å². The van der Waals surface area contributed by atoms with E-state index in [1.54, 1.807) is 6.20 Å². The summed E-state index contributed by atoms with van der Waals surface area (Å²) in [6.45, 7) is 2.69. The molecule has 2 aromatic carbocycles. The van der Waals surface area contributed by atoms with Crippen LogP contribution >= 0.6 is 12.4 Å². The Bertz CT molecular complexity index is 1370. The first kappa shape index (κ1) is 20.5. The van der Waals surface area contributed by atoms with Crippen molar-refractivity contribution in [1.29, 1.82) is 0 Å². The average molecular weight is 432 g/mol. The number of aromatic amines is 1. The maximum absolute atomic E-state index is 12.5. The highest BCUT2D eigenvalue weighted by Gasteiger charge is 2.11. The molecular weight excluding hydrogens is 410 g/mol. The van der Waals surface area contributed by atoms with Gasteiger partial charge in [0.05, 0.1) is 11.2 Å². The second-order valence-corrected chi connectivity index (χ2v) is 7.29. The fourth-order valence-corrected chi connectivity index (χ4v) is 3.79. The van der Waals surface area contributed by atoms with Crippen LogP contribution in [0.1, 0.15) is 11.1 Å². The predicted molar refractivity (Wildman–Crippen MR) is 128 cm³/mol. The zero-order valence-electron chi connectivity index (χ0n) is 16.9. The summed E-state index contributed by atoms with van der Waals surface area (Å²) < 4.78 is 2.18. The zero-order chi connectivity index (χ0) is 20.5. The lowest BCUT2D eigenvalue weighted by atomic mass is 10.2. The molecule has 31 heavy (non-hydrogen) atoms. The summed E-state index contributed by atoms with van der Waals surface area (Å²) in [5.74, 6) is 0. The van der Waals surface area contributed by atoms with E-state index in [1.165, 1.54) is 5.56 Å². The molecule has 0 saturated carbocycles. The van der Waals surface area contributed by atoms with Crippen molar-refractivity contribution in [3.05, 3.63) is 90.4 Å². The monoisotopic (exact) mass is 431 g/mol. The Morgan fingerprint density at radius 2 is 1.77 bits per heavy atom.